The molecular weight excluding hydrogens is 558 g/mol. The number of fused-ring (bicyclic) bond motifs is 1. The first kappa shape index (κ1) is 27.5. The third-order valence-electron chi connectivity index (χ3n) is 8.75. The smallest absolute Gasteiger partial charge is 0.235 e. The van der Waals surface area contributed by atoms with Crippen LogP contribution in [0.5, 0.6) is 0 Å². The number of hydrogen-bond donors (Lipinski definition) is 1. The Hall–Kier alpha value is -4.38. The van der Waals surface area contributed by atoms with Gasteiger partial charge in [0.2, 0.25) is 10.0 Å². The summed E-state index contributed by atoms with van der Waals surface area (Å²) in [5.41, 5.74) is 12.6. The van der Waals surface area contributed by atoms with E-state index in [4.69, 9.17) is 15.7 Å². The lowest BCUT2D eigenvalue weighted by Gasteiger charge is -2.24. The van der Waals surface area contributed by atoms with Crippen molar-refractivity contribution < 1.29 is 8.42 Å². The van der Waals surface area contributed by atoms with Crippen molar-refractivity contribution in [2.75, 3.05) is 31.9 Å². The van der Waals surface area contributed by atoms with Crippen molar-refractivity contribution in [2.45, 2.75) is 19.4 Å². The van der Waals surface area contributed by atoms with Gasteiger partial charge in [-0.25, -0.2) is 23.4 Å². The van der Waals surface area contributed by atoms with Gasteiger partial charge in [0.25, 0.3) is 0 Å². The molecule has 43 heavy (non-hydrogen) atoms. The lowest BCUT2D eigenvalue weighted by atomic mass is 9.86. The summed E-state index contributed by atoms with van der Waals surface area (Å²) in [6.07, 6.45) is 3.57. The Labute approximate surface area is 251 Å². The van der Waals surface area contributed by atoms with Crippen LogP contribution in [0.2, 0.25) is 0 Å². The molecule has 0 bridgehead atoms. The highest BCUT2D eigenvalue weighted by molar-refractivity contribution is 7.92. The zero-order chi connectivity index (χ0) is 29.6. The maximum absolute atomic E-state index is 12.3. The van der Waals surface area contributed by atoms with Crippen LogP contribution in [0.4, 0.5) is 5.82 Å². The molecule has 9 nitrogen and oxygen atoms in total. The minimum Gasteiger partial charge on any atom is -0.383 e. The van der Waals surface area contributed by atoms with E-state index in [1.54, 1.807) is 10.5 Å². The fourth-order valence-electron chi connectivity index (χ4n) is 6.48. The fourth-order valence-corrected chi connectivity index (χ4v) is 7.49. The van der Waals surface area contributed by atoms with Crippen molar-refractivity contribution in [1.29, 1.82) is 0 Å². The van der Waals surface area contributed by atoms with Gasteiger partial charge in [-0.2, -0.15) is 4.31 Å². The number of nitrogens with zero attached hydrogens (tertiary/aromatic N) is 6. The number of nitrogens with two attached hydrogens (primary N) is 1. The molecule has 10 heteroatoms. The molecule has 1 spiro atoms. The molecule has 0 amide bonds. The summed E-state index contributed by atoms with van der Waals surface area (Å²) < 4.78 is 28.3. The van der Waals surface area contributed by atoms with Gasteiger partial charge in [-0.1, -0.05) is 49.0 Å². The third-order valence-corrected chi connectivity index (χ3v) is 10.2. The first-order valence-corrected chi connectivity index (χ1v) is 15.9. The monoisotopic (exact) mass is 591 g/mol. The molecule has 0 aliphatic carbocycles. The van der Waals surface area contributed by atoms with Gasteiger partial charge in [-0.3, -0.25) is 9.47 Å². The molecule has 218 valence electrons. The van der Waals surface area contributed by atoms with E-state index >= 15 is 0 Å². The summed E-state index contributed by atoms with van der Waals surface area (Å²) in [7, 11) is -3.37. The van der Waals surface area contributed by atoms with Gasteiger partial charge in [0.05, 0.1) is 11.3 Å². The van der Waals surface area contributed by atoms with E-state index in [9.17, 15) is 8.42 Å². The Morgan fingerprint density at radius 1 is 0.907 bits per heavy atom. The highest BCUT2D eigenvalue weighted by Crippen LogP contribution is 2.41. The van der Waals surface area contributed by atoms with E-state index in [0.717, 1.165) is 71.6 Å². The molecule has 2 aromatic carbocycles. The van der Waals surface area contributed by atoms with Crippen molar-refractivity contribution in [3.05, 3.63) is 103 Å². The Morgan fingerprint density at radius 3 is 2.47 bits per heavy atom. The Kier molecular flexibility index (Phi) is 6.84. The van der Waals surface area contributed by atoms with Crippen molar-refractivity contribution in [3.8, 4) is 28.3 Å². The molecule has 0 unspecified atom stereocenters. The van der Waals surface area contributed by atoms with E-state index in [1.165, 1.54) is 5.56 Å². The number of imidazole rings is 1. The van der Waals surface area contributed by atoms with Gasteiger partial charge in [-0.15, -0.1) is 0 Å². The first-order chi connectivity index (χ1) is 20.8. The lowest BCUT2D eigenvalue weighted by Crippen LogP contribution is -2.33. The molecule has 0 radical (unpaired) electrons. The zero-order valence-electron chi connectivity index (χ0n) is 23.8. The molecule has 2 aliphatic heterocycles. The van der Waals surface area contributed by atoms with Crippen molar-refractivity contribution in [1.82, 2.24) is 28.7 Å². The van der Waals surface area contributed by atoms with Crippen molar-refractivity contribution in [2.24, 2.45) is 5.41 Å². The molecule has 5 heterocycles. The predicted octanol–water partition coefficient (Wildman–Crippen LogP) is 5.10. The first-order valence-electron chi connectivity index (χ1n) is 14.4. The average molecular weight is 592 g/mol. The normalized spacial score (nSPS) is 19.4. The fraction of sp³-hybridized carbons (Fsp3) is 0.242. The molecule has 7 rings (SSSR count). The van der Waals surface area contributed by atoms with Gasteiger partial charge in [0.1, 0.15) is 11.3 Å². The standard InChI is InChI=1S/C33H33N7O2S/c1-2-43(41,42)39-20-17-33(23-39)16-19-38(22-33)21-24-10-12-26(13-11-24)40-31(27-9-6-18-35-30(27)34)37-29-15-14-28(36-32(29)40)25-7-4-3-5-8-25/h2-15,18H,1,16-17,19-23H2,(H2,34,35)/t33-/m0/s1. The Balaban J connectivity index is 1.19. The van der Waals surface area contributed by atoms with Crippen LogP contribution in [0.15, 0.2) is 97.0 Å². The quantitative estimate of drug-likeness (QED) is 0.280. The molecule has 2 fully saturated rings. The Morgan fingerprint density at radius 2 is 1.70 bits per heavy atom. The molecule has 2 aliphatic rings. The van der Waals surface area contributed by atoms with Crippen LogP contribution in [0.1, 0.15) is 18.4 Å². The largest absolute Gasteiger partial charge is 0.383 e. The van der Waals surface area contributed by atoms with E-state index in [-0.39, 0.29) is 5.41 Å². The van der Waals surface area contributed by atoms with E-state index in [2.05, 4.69) is 45.3 Å². The third kappa shape index (κ3) is 5.11. The maximum Gasteiger partial charge on any atom is 0.235 e. The van der Waals surface area contributed by atoms with Gasteiger partial charge in [-0.05, 0) is 66.8 Å². The maximum atomic E-state index is 12.3. The number of rotatable bonds is 7. The average Bonchev–Trinajstić information content (AvgIpc) is 3.75. The van der Waals surface area contributed by atoms with E-state index in [1.807, 2.05) is 54.6 Å². The summed E-state index contributed by atoms with van der Waals surface area (Å²) in [5, 5.41) is 1.07. The predicted molar refractivity (Wildman–Crippen MR) is 170 cm³/mol. The number of sulfonamides is 1. The zero-order valence-corrected chi connectivity index (χ0v) is 24.6. The van der Waals surface area contributed by atoms with E-state index in [0.29, 0.717) is 24.7 Å². The molecule has 2 N–H and O–H groups in total. The van der Waals surface area contributed by atoms with Crippen LogP contribution in [0.3, 0.4) is 0 Å². The lowest BCUT2D eigenvalue weighted by molar-refractivity contribution is 0.260. The number of pyridine rings is 2. The number of anilines is 1. The van der Waals surface area contributed by atoms with Gasteiger partial charge < -0.3 is 5.73 Å². The van der Waals surface area contributed by atoms with Crippen LogP contribution in [-0.4, -0.2) is 63.3 Å². The molecule has 2 saturated heterocycles. The summed E-state index contributed by atoms with van der Waals surface area (Å²) >= 11 is 0. The van der Waals surface area contributed by atoms with Crippen LogP contribution >= 0.6 is 0 Å². The van der Waals surface area contributed by atoms with Crippen LogP contribution in [0.25, 0.3) is 39.5 Å². The van der Waals surface area contributed by atoms with Crippen molar-refractivity contribution in [3.63, 3.8) is 0 Å². The minimum atomic E-state index is -3.37. The highest BCUT2D eigenvalue weighted by Gasteiger charge is 2.45. The van der Waals surface area contributed by atoms with Gasteiger partial charge >= 0.3 is 0 Å². The summed E-state index contributed by atoms with van der Waals surface area (Å²) in [6.45, 7) is 7.28. The Bertz CT molecular complexity index is 1920. The molecule has 3 aromatic heterocycles. The number of likely N-dealkylation sites (tertiary alicyclic amines) is 1. The molecule has 0 saturated carbocycles. The number of aromatic nitrogens is 4. The second-order valence-electron chi connectivity index (χ2n) is 11.5. The highest BCUT2D eigenvalue weighted by atomic mass is 32.2. The number of benzene rings is 2. The van der Waals surface area contributed by atoms with Crippen molar-refractivity contribution >= 4 is 27.0 Å². The second kappa shape index (κ2) is 10.7. The van der Waals surface area contributed by atoms with Crippen LogP contribution in [0, 0.1) is 5.41 Å². The van der Waals surface area contributed by atoms with Crippen LogP contribution in [-0.2, 0) is 16.6 Å². The summed E-state index contributed by atoms with van der Waals surface area (Å²) in [6, 6.07) is 26.4. The SMILES string of the molecule is C=CS(=O)(=O)N1CC[C@]2(CCN(Cc3ccc(-n4c(-c5cccnc5N)nc5ccc(-c6ccccc6)nc54)cc3)C2)C1. The molecule has 5 aromatic rings. The topological polar surface area (TPSA) is 110 Å². The minimum absolute atomic E-state index is 0.0203. The number of hydrogen-bond acceptors (Lipinski definition) is 7. The molecule has 1 atom stereocenters. The summed E-state index contributed by atoms with van der Waals surface area (Å²) in [4.78, 5) is 16.7. The number of nitrogen functional groups attached to an aromatic ring is 1. The second-order valence-corrected chi connectivity index (χ2v) is 13.4. The summed E-state index contributed by atoms with van der Waals surface area (Å²) in [5.74, 6) is 1.10. The van der Waals surface area contributed by atoms with E-state index < -0.39 is 10.0 Å². The van der Waals surface area contributed by atoms with Crippen LogP contribution < -0.4 is 5.73 Å². The van der Waals surface area contributed by atoms with Gasteiger partial charge in [0, 0.05) is 49.0 Å². The molecular formula is C33H33N7O2S. The van der Waals surface area contributed by atoms with Gasteiger partial charge in [0.15, 0.2) is 11.5 Å².